The summed E-state index contributed by atoms with van der Waals surface area (Å²) in [5.41, 5.74) is 6.89. The van der Waals surface area contributed by atoms with E-state index in [-0.39, 0.29) is 35.1 Å². The fourth-order valence-corrected chi connectivity index (χ4v) is 4.38. The molecule has 0 aliphatic carbocycles. The Labute approximate surface area is 195 Å². The number of piperidine rings is 1. The molecule has 2 aliphatic rings. The van der Waals surface area contributed by atoms with Crippen LogP contribution in [0.2, 0.25) is 0 Å². The number of hydrogen-bond acceptors (Lipinski definition) is 7. The lowest BCUT2D eigenvalue weighted by Crippen LogP contribution is -2.54. The summed E-state index contributed by atoms with van der Waals surface area (Å²) in [6, 6.07) is 7.43. The number of benzene rings is 1. The Bertz CT molecular complexity index is 1220. The zero-order valence-corrected chi connectivity index (χ0v) is 18.9. The van der Waals surface area contributed by atoms with Gasteiger partial charge in [-0.1, -0.05) is 26.0 Å². The van der Waals surface area contributed by atoms with Gasteiger partial charge in [-0.05, 0) is 42.0 Å². The van der Waals surface area contributed by atoms with Crippen LogP contribution in [0.3, 0.4) is 0 Å². The zero-order valence-electron chi connectivity index (χ0n) is 18.9. The van der Waals surface area contributed by atoms with Gasteiger partial charge in [0.1, 0.15) is 11.7 Å². The van der Waals surface area contributed by atoms with Gasteiger partial charge in [-0.2, -0.15) is 0 Å². The maximum atomic E-state index is 13.2. The van der Waals surface area contributed by atoms with Gasteiger partial charge in [-0.25, -0.2) is 0 Å². The Morgan fingerprint density at radius 3 is 2.65 bits per heavy atom. The first kappa shape index (κ1) is 23.1. The first-order valence-corrected chi connectivity index (χ1v) is 10.9. The molecular formula is C24H25N5O5. The van der Waals surface area contributed by atoms with Crippen molar-refractivity contribution in [1.82, 2.24) is 15.2 Å². The lowest BCUT2D eigenvalue weighted by Gasteiger charge is -2.28. The number of nitrogens with one attached hydrogen (secondary N) is 2. The summed E-state index contributed by atoms with van der Waals surface area (Å²) in [5, 5.41) is 5.45. The number of imide groups is 2. The Morgan fingerprint density at radius 2 is 1.94 bits per heavy atom. The van der Waals surface area contributed by atoms with E-state index in [0.29, 0.717) is 18.7 Å². The van der Waals surface area contributed by atoms with Crippen molar-refractivity contribution in [3.05, 3.63) is 58.9 Å². The van der Waals surface area contributed by atoms with Gasteiger partial charge in [-0.15, -0.1) is 0 Å². The minimum Gasteiger partial charge on any atom is -0.384 e. The second-order valence-corrected chi connectivity index (χ2v) is 9.25. The van der Waals surface area contributed by atoms with E-state index in [1.165, 1.54) is 6.20 Å². The van der Waals surface area contributed by atoms with Gasteiger partial charge in [0.25, 0.3) is 17.7 Å². The van der Waals surface area contributed by atoms with E-state index in [1.54, 1.807) is 30.3 Å². The molecule has 2 aromatic rings. The van der Waals surface area contributed by atoms with Gasteiger partial charge < -0.3 is 11.1 Å². The maximum Gasteiger partial charge on any atom is 0.267 e. The van der Waals surface area contributed by atoms with Gasteiger partial charge >= 0.3 is 0 Å². The second-order valence-electron chi connectivity index (χ2n) is 9.25. The molecule has 0 saturated carbocycles. The summed E-state index contributed by atoms with van der Waals surface area (Å²) in [4.78, 5) is 66.7. The molecule has 10 nitrogen and oxygen atoms in total. The third kappa shape index (κ3) is 4.26. The number of nitrogens with zero attached hydrogens (tertiary/aromatic N) is 2. The predicted octanol–water partition coefficient (Wildman–Crippen LogP) is 1.26. The summed E-state index contributed by atoms with van der Waals surface area (Å²) in [7, 11) is 0. The number of amides is 5. The Balaban J connectivity index is 1.54. The second kappa shape index (κ2) is 8.69. The third-order valence-electron chi connectivity index (χ3n) is 6.02. The number of hydrogen-bond donors (Lipinski definition) is 3. The number of carbonyl (C=O) groups excluding carboxylic acids is 5. The van der Waals surface area contributed by atoms with Gasteiger partial charge in [0, 0.05) is 24.8 Å². The van der Waals surface area contributed by atoms with Crippen LogP contribution in [-0.2, 0) is 16.0 Å². The van der Waals surface area contributed by atoms with Crippen LogP contribution in [-0.4, -0.2) is 52.0 Å². The van der Waals surface area contributed by atoms with Crippen molar-refractivity contribution in [2.45, 2.75) is 39.2 Å². The number of primary amides is 1. The number of rotatable bonds is 7. The molecule has 1 unspecified atom stereocenters. The van der Waals surface area contributed by atoms with E-state index in [4.69, 9.17) is 5.73 Å². The molecule has 10 heteroatoms. The normalized spacial score (nSPS) is 18.1. The van der Waals surface area contributed by atoms with Crippen LogP contribution < -0.4 is 16.4 Å². The predicted molar refractivity (Wildman–Crippen MR) is 122 cm³/mol. The number of pyridine rings is 1. The zero-order chi connectivity index (χ0) is 24.6. The molecule has 1 atom stereocenters. The molecule has 1 aromatic heterocycles. The fourth-order valence-electron chi connectivity index (χ4n) is 4.38. The first-order chi connectivity index (χ1) is 16.1. The quantitative estimate of drug-likeness (QED) is 0.523. The molecule has 1 saturated heterocycles. The van der Waals surface area contributed by atoms with Gasteiger partial charge in [0.2, 0.25) is 11.8 Å². The van der Waals surface area contributed by atoms with Gasteiger partial charge in [-0.3, -0.25) is 39.2 Å². The van der Waals surface area contributed by atoms with Crippen LogP contribution in [0.1, 0.15) is 63.5 Å². The molecular weight excluding hydrogens is 438 g/mol. The molecule has 1 fully saturated rings. The molecule has 1 aromatic carbocycles. The molecule has 176 valence electrons. The van der Waals surface area contributed by atoms with Crippen LogP contribution >= 0.6 is 0 Å². The van der Waals surface area contributed by atoms with E-state index in [1.807, 2.05) is 13.8 Å². The van der Waals surface area contributed by atoms with E-state index in [0.717, 1.165) is 10.5 Å². The van der Waals surface area contributed by atoms with Crippen molar-refractivity contribution >= 4 is 35.2 Å². The van der Waals surface area contributed by atoms with Crippen molar-refractivity contribution in [3.8, 4) is 0 Å². The Morgan fingerprint density at radius 1 is 1.18 bits per heavy atom. The highest BCUT2D eigenvalue weighted by Crippen LogP contribution is 2.33. The van der Waals surface area contributed by atoms with E-state index in [2.05, 4.69) is 15.6 Å². The molecule has 4 rings (SSSR count). The minimum atomic E-state index is -1.02. The summed E-state index contributed by atoms with van der Waals surface area (Å²) in [6.45, 7) is 4.39. The molecule has 34 heavy (non-hydrogen) atoms. The minimum absolute atomic E-state index is 0.0603. The average molecular weight is 463 g/mol. The molecule has 3 heterocycles. The highest BCUT2D eigenvalue weighted by Gasteiger charge is 2.45. The highest BCUT2D eigenvalue weighted by molar-refractivity contribution is 6.25. The van der Waals surface area contributed by atoms with Crippen molar-refractivity contribution < 1.29 is 24.0 Å². The molecule has 0 bridgehead atoms. The van der Waals surface area contributed by atoms with Crippen LogP contribution in [0.5, 0.6) is 0 Å². The number of fused-ring (bicyclic) bond motifs is 1. The molecule has 2 aliphatic heterocycles. The number of nitrogens with two attached hydrogens (primary N) is 1. The number of carbonyl (C=O) groups is 5. The summed E-state index contributed by atoms with van der Waals surface area (Å²) >= 11 is 0. The van der Waals surface area contributed by atoms with Crippen LogP contribution in [0, 0.1) is 5.41 Å². The van der Waals surface area contributed by atoms with E-state index < -0.39 is 35.6 Å². The summed E-state index contributed by atoms with van der Waals surface area (Å²) in [5.74, 6) is -2.80. The molecule has 0 spiro atoms. The van der Waals surface area contributed by atoms with Gasteiger partial charge in [0.05, 0.1) is 11.1 Å². The van der Waals surface area contributed by atoms with Crippen LogP contribution in [0.4, 0.5) is 5.69 Å². The number of anilines is 1. The van der Waals surface area contributed by atoms with Crippen molar-refractivity contribution in [2.75, 3.05) is 11.9 Å². The lowest BCUT2D eigenvalue weighted by atomic mass is 9.85. The van der Waals surface area contributed by atoms with E-state index >= 15 is 0 Å². The third-order valence-corrected chi connectivity index (χ3v) is 6.02. The fraction of sp³-hybridized carbons (Fsp3) is 0.333. The maximum absolute atomic E-state index is 13.2. The Kier molecular flexibility index (Phi) is 5.90. The summed E-state index contributed by atoms with van der Waals surface area (Å²) in [6.07, 6.45) is 2.17. The first-order valence-electron chi connectivity index (χ1n) is 10.9. The SMILES string of the molecule is CC(C)(CNc1cccc2c1C(=O)N(C1CCC(=O)NC1=O)C2=O)Cc1cccnc1C(N)=O. The molecule has 0 radical (unpaired) electrons. The van der Waals surface area contributed by atoms with Crippen LogP contribution in [0.25, 0.3) is 0 Å². The Hall–Kier alpha value is -4.08. The van der Waals surface area contributed by atoms with Crippen molar-refractivity contribution in [3.63, 3.8) is 0 Å². The monoisotopic (exact) mass is 463 g/mol. The molecule has 4 N–H and O–H groups in total. The van der Waals surface area contributed by atoms with Crippen molar-refractivity contribution in [2.24, 2.45) is 11.1 Å². The average Bonchev–Trinajstić information content (AvgIpc) is 3.03. The largest absolute Gasteiger partial charge is 0.384 e. The standard InChI is InChI=1S/C24H25N5O5/c1-24(2,11-13-5-4-10-26-19(13)20(25)31)12-27-15-7-3-6-14-18(15)23(34)29(22(14)33)16-8-9-17(30)28-21(16)32/h3-7,10,16,27H,8-9,11-12H2,1-2H3,(H2,25,31)(H,28,30,32). The highest BCUT2D eigenvalue weighted by atomic mass is 16.2. The van der Waals surface area contributed by atoms with E-state index in [9.17, 15) is 24.0 Å². The summed E-state index contributed by atoms with van der Waals surface area (Å²) < 4.78 is 0. The smallest absolute Gasteiger partial charge is 0.267 e. The molecule has 5 amide bonds. The van der Waals surface area contributed by atoms with Crippen molar-refractivity contribution in [1.29, 1.82) is 0 Å². The van der Waals surface area contributed by atoms with Gasteiger partial charge in [0.15, 0.2) is 0 Å². The lowest BCUT2D eigenvalue weighted by molar-refractivity contribution is -0.136. The number of aromatic nitrogens is 1. The van der Waals surface area contributed by atoms with Crippen LogP contribution in [0.15, 0.2) is 36.5 Å². The topological polar surface area (TPSA) is 152 Å².